The van der Waals surface area contributed by atoms with Gasteiger partial charge in [-0.1, -0.05) is 42.5 Å². The van der Waals surface area contributed by atoms with Crippen molar-refractivity contribution in [2.24, 2.45) is 0 Å². The van der Waals surface area contributed by atoms with Gasteiger partial charge in [-0.05, 0) is 17.7 Å². The molecule has 1 heterocycles. The Kier molecular flexibility index (Phi) is 6.07. The molecule has 2 aromatic carbocycles. The molecule has 1 aliphatic rings. The quantitative estimate of drug-likeness (QED) is 0.909. The molecule has 118 valence electrons. The van der Waals surface area contributed by atoms with Gasteiger partial charge >= 0.3 is 0 Å². The number of aromatic hydroxyl groups is 1. The third kappa shape index (κ3) is 3.91. The van der Waals surface area contributed by atoms with E-state index >= 15 is 0 Å². The molecule has 1 saturated heterocycles. The summed E-state index contributed by atoms with van der Waals surface area (Å²) in [4.78, 5) is 0. The molecule has 2 aromatic rings. The highest BCUT2D eigenvalue weighted by Gasteiger charge is 2.28. The van der Waals surface area contributed by atoms with Crippen molar-refractivity contribution >= 4 is 12.4 Å². The summed E-state index contributed by atoms with van der Waals surface area (Å²) in [5, 5.41) is 13.2. The predicted molar refractivity (Wildman–Crippen MR) is 87.8 cm³/mol. The van der Waals surface area contributed by atoms with Gasteiger partial charge in [0, 0.05) is 13.1 Å². The van der Waals surface area contributed by atoms with Gasteiger partial charge in [0.1, 0.15) is 6.10 Å². The first-order valence-electron chi connectivity index (χ1n) is 7.16. The number of ether oxygens (including phenoxy) is 2. The van der Waals surface area contributed by atoms with E-state index in [9.17, 15) is 5.11 Å². The first-order valence-corrected chi connectivity index (χ1v) is 7.16. The Morgan fingerprint density at radius 3 is 2.50 bits per heavy atom. The largest absolute Gasteiger partial charge is 0.504 e. The van der Waals surface area contributed by atoms with Gasteiger partial charge in [-0.2, -0.15) is 0 Å². The van der Waals surface area contributed by atoms with Crippen LogP contribution >= 0.6 is 12.4 Å². The van der Waals surface area contributed by atoms with Crippen molar-refractivity contribution in [1.82, 2.24) is 5.32 Å². The topological polar surface area (TPSA) is 50.7 Å². The first kappa shape index (κ1) is 16.6. The summed E-state index contributed by atoms with van der Waals surface area (Å²) in [5.41, 5.74) is 1.04. The summed E-state index contributed by atoms with van der Waals surface area (Å²) in [6.45, 7) is 2.25. The van der Waals surface area contributed by atoms with E-state index in [0.29, 0.717) is 12.4 Å². The number of phenols is 1. The maximum absolute atomic E-state index is 9.92. The Morgan fingerprint density at radius 2 is 1.82 bits per heavy atom. The van der Waals surface area contributed by atoms with Crippen molar-refractivity contribution in [3.63, 3.8) is 0 Å². The minimum absolute atomic E-state index is 0. The lowest BCUT2D eigenvalue weighted by atomic mass is 10.0. The number of benzene rings is 2. The Labute approximate surface area is 136 Å². The van der Waals surface area contributed by atoms with Crippen LogP contribution in [0.5, 0.6) is 11.5 Å². The van der Waals surface area contributed by atoms with Crippen LogP contribution in [0, 0.1) is 0 Å². The van der Waals surface area contributed by atoms with E-state index in [4.69, 9.17) is 9.47 Å². The van der Waals surface area contributed by atoms with Crippen LogP contribution in [0.15, 0.2) is 54.6 Å². The number of morpholine rings is 1. The van der Waals surface area contributed by atoms with Crippen molar-refractivity contribution in [1.29, 1.82) is 0 Å². The number of hydrogen-bond donors (Lipinski definition) is 2. The Hall–Kier alpha value is -1.75. The second-order valence-electron chi connectivity index (χ2n) is 5.03. The number of phenolic OH excluding ortho intramolecular Hbond substituents is 1. The minimum atomic E-state index is -0.257. The second-order valence-corrected chi connectivity index (χ2v) is 5.03. The van der Waals surface area contributed by atoms with Gasteiger partial charge in [0.05, 0.1) is 6.61 Å². The Balaban J connectivity index is 0.00000176. The van der Waals surface area contributed by atoms with Crippen LogP contribution in [-0.2, 0) is 4.74 Å². The third-order valence-corrected chi connectivity index (χ3v) is 3.54. The lowest BCUT2D eigenvalue weighted by Gasteiger charge is -2.31. The molecule has 0 spiro atoms. The zero-order valence-corrected chi connectivity index (χ0v) is 13.0. The second kappa shape index (κ2) is 8.03. The molecule has 1 aliphatic heterocycles. The summed E-state index contributed by atoms with van der Waals surface area (Å²) in [6, 6.07) is 17.0. The SMILES string of the molecule is Cl.Oc1ccccc1O[C@H](c1ccccc1)[C@H]1CNCCO1. The van der Waals surface area contributed by atoms with E-state index in [2.05, 4.69) is 5.32 Å². The van der Waals surface area contributed by atoms with Gasteiger partial charge in [-0.25, -0.2) is 0 Å². The Morgan fingerprint density at radius 1 is 1.09 bits per heavy atom. The molecule has 1 fully saturated rings. The molecule has 4 nitrogen and oxygen atoms in total. The van der Waals surface area contributed by atoms with Crippen LogP contribution in [0.4, 0.5) is 0 Å². The molecule has 2 atom stereocenters. The molecule has 0 aliphatic carbocycles. The molecular weight excluding hydrogens is 302 g/mol. The van der Waals surface area contributed by atoms with E-state index in [0.717, 1.165) is 18.7 Å². The van der Waals surface area contributed by atoms with Crippen molar-refractivity contribution in [3.05, 3.63) is 60.2 Å². The van der Waals surface area contributed by atoms with Gasteiger partial charge in [0.25, 0.3) is 0 Å². The summed E-state index contributed by atoms with van der Waals surface area (Å²) in [6.07, 6.45) is -0.340. The van der Waals surface area contributed by atoms with Crippen LogP contribution in [0.25, 0.3) is 0 Å². The highest BCUT2D eigenvalue weighted by molar-refractivity contribution is 5.85. The monoisotopic (exact) mass is 321 g/mol. The third-order valence-electron chi connectivity index (χ3n) is 3.54. The Bertz CT molecular complexity index is 573. The van der Waals surface area contributed by atoms with Crippen molar-refractivity contribution in [3.8, 4) is 11.5 Å². The molecule has 0 radical (unpaired) electrons. The molecule has 3 rings (SSSR count). The standard InChI is InChI=1S/C17H19NO3.ClH/c19-14-8-4-5-9-15(14)21-17(13-6-2-1-3-7-13)16-12-18-10-11-20-16;/h1-9,16-19H,10-12H2;1H/t16-,17-;/m1./s1. The molecule has 0 amide bonds. The fourth-order valence-electron chi connectivity index (χ4n) is 2.48. The molecule has 0 aromatic heterocycles. The number of hydrogen-bond acceptors (Lipinski definition) is 4. The number of halogens is 1. The van der Waals surface area contributed by atoms with Gasteiger partial charge in [-0.3, -0.25) is 0 Å². The highest BCUT2D eigenvalue weighted by Crippen LogP contribution is 2.32. The summed E-state index contributed by atoms with van der Waals surface area (Å²) in [7, 11) is 0. The lowest BCUT2D eigenvalue weighted by molar-refractivity contribution is -0.0438. The normalized spacial score (nSPS) is 19.0. The number of rotatable bonds is 4. The van der Waals surface area contributed by atoms with E-state index in [1.807, 2.05) is 36.4 Å². The van der Waals surface area contributed by atoms with Crippen LogP contribution in [0.1, 0.15) is 11.7 Å². The molecule has 0 bridgehead atoms. The highest BCUT2D eigenvalue weighted by atomic mass is 35.5. The maximum atomic E-state index is 9.92. The van der Waals surface area contributed by atoms with E-state index < -0.39 is 0 Å². The van der Waals surface area contributed by atoms with Crippen molar-refractivity contribution < 1.29 is 14.6 Å². The molecule has 5 heteroatoms. The average molecular weight is 322 g/mol. The molecular formula is C17H20ClNO3. The van der Waals surface area contributed by atoms with Crippen LogP contribution in [-0.4, -0.2) is 30.9 Å². The van der Waals surface area contributed by atoms with Gasteiger partial charge < -0.3 is 19.9 Å². The van der Waals surface area contributed by atoms with Crippen LogP contribution < -0.4 is 10.1 Å². The zero-order chi connectivity index (χ0) is 14.5. The fourth-order valence-corrected chi connectivity index (χ4v) is 2.48. The smallest absolute Gasteiger partial charge is 0.162 e. The summed E-state index contributed by atoms with van der Waals surface area (Å²) >= 11 is 0. The molecule has 22 heavy (non-hydrogen) atoms. The van der Waals surface area contributed by atoms with Gasteiger partial charge in [-0.15, -0.1) is 12.4 Å². The fraction of sp³-hybridized carbons (Fsp3) is 0.294. The van der Waals surface area contributed by atoms with Crippen LogP contribution in [0.3, 0.4) is 0 Å². The maximum Gasteiger partial charge on any atom is 0.162 e. The lowest BCUT2D eigenvalue weighted by Crippen LogP contribution is -2.43. The first-order chi connectivity index (χ1) is 10.3. The molecule has 0 saturated carbocycles. The van der Waals surface area contributed by atoms with E-state index in [-0.39, 0.29) is 30.4 Å². The number of nitrogens with one attached hydrogen (secondary N) is 1. The molecule has 2 N–H and O–H groups in total. The minimum Gasteiger partial charge on any atom is -0.504 e. The average Bonchev–Trinajstić information content (AvgIpc) is 2.56. The van der Waals surface area contributed by atoms with Crippen molar-refractivity contribution in [2.45, 2.75) is 12.2 Å². The van der Waals surface area contributed by atoms with Gasteiger partial charge in [0.2, 0.25) is 0 Å². The van der Waals surface area contributed by atoms with Crippen molar-refractivity contribution in [2.75, 3.05) is 19.7 Å². The predicted octanol–water partition coefficient (Wildman–Crippen LogP) is 2.92. The van der Waals surface area contributed by atoms with Crippen LogP contribution in [0.2, 0.25) is 0 Å². The van der Waals surface area contributed by atoms with Gasteiger partial charge in [0.15, 0.2) is 17.6 Å². The number of para-hydroxylation sites is 2. The van der Waals surface area contributed by atoms with E-state index in [1.54, 1.807) is 18.2 Å². The zero-order valence-electron chi connectivity index (χ0n) is 12.1. The molecule has 0 unspecified atom stereocenters. The summed E-state index contributed by atoms with van der Waals surface area (Å²) < 4.78 is 11.9. The summed E-state index contributed by atoms with van der Waals surface area (Å²) in [5.74, 6) is 0.614. The van der Waals surface area contributed by atoms with E-state index in [1.165, 1.54) is 0 Å².